The van der Waals surface area contributed by atoms with Gasteiger partial charge < -0.3 is 14.8 Å². The summed E-state index contributed by atoms with van der Waals surface area (Å²) in [4.78, 5) is 35.4. The van der Waals surface area contributed by atoms with Crippen LogP contribution in [0.15, 0.2) is 6.20 Å². The van der Waals surface area contributed by atoms with Gasteiger partial charge in [-0.25, -0.2) is 4.98 Å². The number of rotatable bonds is 3. The Morgan fingerprint density at radius 2 is 2.35 bits per heavy atom. The second-order valence-electron chi connectivity index (χ2n) is 5.43. The van der Waals surface area contributed by atoms with Gasteiger partial charge in [0.25, 0.3) is 0 Å². The van der Waals surface area contributed by atoms with Crippen molar-refractivity contribution < 1.29 is 9.59 Å². The molecular weight excluding hydrogens is 256 g/mol. The van der Waals surface area contributed by atoms with Gasteiger partial charge in [0, 0.05) is 31.4 Å². The number of carbonyl (C=O) groups is 2. The summed E-state index contributed by atoms with van der Waals surface area (Å²) in [5.41, 5.74) is 1.05. The first-order valence-electron chi connectivity index (χ1n) is 7.30. The average Bonchev–Trinajstić information content (AvgIpc) is 3.08. The van der Waals surface area contributed by atoms with Crippen LogP contribution in [-0.4, -0.2) is 50.8 Å². The molecule has 108 valence electrons. The van der Waals surface area contributed by atoms with E-state index in [1.54, 1.807) is 6.20 Å². The molecular formula is C14H20N4O2. The first kappa shape index (κ1) is 13.1. The van der Waals surface area contributed by atoms with Crippen molar-refractivity contribution in [3.8, 4) is 0 Å². The molecule has 20 heavy (non-hydrogen) atoms. The van der Waals surface area contributed by atoms with Crippen molar-refractivity contribution in [2.45, 2.75) is 45.2 Å². The molecule has 3 rings (SSSR count). The highest BCUT2D eigenvalue weighted by Gasteiger charge is 2.39. The fourth-order valence-electron chi connectivity index (χ4n) is 3.08. The lowest BCUT2D eigenvalue weighted by Gasteiger charge is -2.39. The molecule has 2 fully saturated rings. The summed E-state index contributed by atoms with van der Waals surface area (Å²) in [6, 6.07) is 0. The third kappa shape index (κ3) is 2.30. The minimum atomic E-state index is -0.0237. The molecule has 0 radical (unpaired) electrons. The average molecular weight is 276 g/mol. The van der Waals surface area contributed by atoms with E-state index in [1.165, 1.54) is 0 Å². The molecule has 1 atom stereocenters. The Bertz CT molecular complexity index is 525. The van der Waals surface area contributed by atoms with Crippen LogP contribution in [-0.2, 0) is 22.4 Å². The maximum Gasteiger partial charge on any atom is 0.231 e. The van der Waals surface area contributed by atoms with E-state index < -0.39 is 0 Å². The quantitative estimate of drug-likeness (QED) is 0.883. The van der Waals surface area contributed by atoms with E-state index in [-0.39, 0.29) is 18.0 Å². The van der Waals surface area contributed by atoms with Gasteiger partial charge in [-0.15, -0.1) is 0 Å². The predicted octanol–water partition coefficient (Wildman–Crippen LogP) is 0.695. The van der Waals surface area contributed by atoms with E-state index in [0.717, 1.165) is 31.5 Å². The molecule has 0 aliphatic carbocycles. The van der Waals surface area contributed by atoms with Crippen LogP contribution in [0.3, 0.4) is 0 Å². The molecule has 1 aromatic rings. The van der Waals surface area contributed by atoms with E-state index in [1.807, 2.05) is 16.7 Å². The summed E-state index contributed by atoms with van der Waals surface area (Å²) in [5.74, 6) is 0.961. The van der Waals surface area contributed by atoms with Crippen LogP contribution in [0.5, 0.6) is 0 Å². The van der Waals surface area contributed by atoms with Crippen molar-refractivity contribution in [3.63, 3.8) is 0 Å². The van der Waals surface area contributed by atoms with Crippen molar-refractivity contribution in [2.24, 2.45) is 0 Å². The van der Waals surface area contributed by atoms with E-state index >= 15 is 0 Å². The topological polar surface area (TPSA) is 69.3 Å². The molecule has 6 heteroatoms. The van der Waals surface area contributed by atoms with Crippen molar-refractivity contribution in [1.29, 1.82) is 0 Å². The van der Waals surface area contributed by atoms with Gasteiger partial charge in [-0.2, -0.15) is 0 Å². The number of amides is 2. The fraction of sp³-hybridized carbons (Fsp3) is 0.643. The highest BCUT2D eigenvalue weighted by molar-refractivity contribution is 5.83. The maximum atomic E-state index is 12.4. The van der Waals surface area contributed by atoms with Crippen molar-refractivity contribution in [3.05, 3.63) is 17.7 Å². The SMILES string of the molecule is CCc1cnc(CC(=O)N2CCC(=O)N3CCC[C@@H]32)[nH]1. The second-order valence-corrected chi connectivity index (χ2v) is 5.43. The molecule has 2 aliphatic heterocycles. The molecule has 2 saturated heterocycles. The van der Waals surface area contributed by atoms with E-state index in [4.69, 9.17) is 0 Å². The highest BCUT2D eigenvalue weighted by atomic mass is 16.2. The van der Waals surface area contributed by atoms with Gasteiger partial charge in [-0.3, -0.25) is 9.59 Å². The van der Waals surface area contributed by atoms with Crippen molar-refractivity contribution >= 4 is 11.8 Å². The fourth-order valence-corrected chi connectivity index (χ4v) is 3.08. The van der Waals surface area contributed by atoms with Gasteiger partial charge in [0.05, 0.1) is 6.42 Å². The summed E-state index contributed by atoms with van der Waals surface area (Å²) >= 11 is 0. The van der Waals surface area contributed by atoms with Crippen LogP contribution in [0.2, 0.25) is 0 Å². The summed E-state index contributed by atoms with van der Waals surface area (Å²) in [7, 11) is 0. The van der Waals surface area contributed by atoms with Gasteiger partial charge in [0.2, 0.25) is 11.8 Å². The first-order chi connectivity index (χ1) is 9.69. The third-order valence-electron chi connectivity index (χ3n) is 4.17. The number of aromatic nitrogens is 2. The van der Waals surface area contributed by atoms with Gasteiger partial charge in [0.1, 0.15) is 12.0 Å². The molecule has 2 aliphatic rings. The summed E-state index contributed by atoms with van der Waals surface area (Å²) < 4.78 is 0. The molecule has 2 amide bonds. The minimum absolute atomic E-state index is 0.0237. The molecule has 0 bridgehead atoms. The Hall–Kier alpha value is -1.85. The Morgan fingerprint density at radius 3 is 3.10 bits per heavy atom. The molecule has 6 nitrogen and oxygen atoms in total. The summed E-state index contributed by atoms with van der Waals surface area (Å²) in [6.45, 7) is 3.37. The Kier molecular flexibility index (Phi) is 3.46. The summed E-state index contributed by atoms with van der Waals surface area (Å²) in [5, 5.41) is 0. The van der Waals surface area contributed by atoms with E-state index in [9.17, 15) is 9.59 Å². The largest absolute Gasteiger partial charge is 0.345 e. The monoisotopic (exact) mass is 276 g/mol. The molecule has 1 aromatic heterocycles. The summed E-state index contributed by atoms with van der Waals surface area (Å²) in [6.07, 6.45) is 5.26. The Morgan fingerprint density at radius 1 is 1.50 bits per heavy atom. The smallest absolute Gasteiger partial charge is 0.231 e. The number of imidazole rings is 1. The number of carbonyl (C=O) groups excluding carboxylic acids is 2. The lowest BCUT2D eigenvalue weighted by Crippen LogP contribution is -2.55. The number of nitrogens with one attached hydrogen (secondary N) is 1. The number of hydrogen-bond donors (Lipinski definition) is 1. The molecule has 0 aromatic carbocycles. The molecule has 3 heterocycles. The van der Waals surface area contributed by atoms with Crippen LogP contribution in [0.25, 0.3) is 0 Å². The molecule has 0 unspecified atom stereocenters. The van der Waals surface area contributed by atoms with Crippen LogP contribution in [0.1, 0.15) is 37.7 Å². The van der Waals surface area contributed by atoms with Crippen LogP contribution in [0.4, 0.5) is 0 Å². The standard InChI is InChI=1S/C14H20N4O2/c1-2-10-9-15-11(16-10)8-14(20)18-7-5-13(19)17-6-3-4-12(17)18/h9,12H,2-8H2,1H3,(H,15,16)/t12-/m0/s1. The van der Waals surface area contributed by atoms with Crippen LogP contribution in [0, 0.1) is 0 Å². The number of hydrogen-bond acceptors (Lipinski definition) is 3. The third-order valence-corrected chi connectivity index (χ3v) is 4.17. The normalized spacial score (nSPS) is 22.2. The van der Waals surface area contributed by atoms with Gasteiger partial charge in [0.15, 0.2) is 0 Å². The van der Waals surface area contributed by atoms with E-state index in [0.29, 0.717) is 25.2 Å². The highest BCUT2D eigenvalue weighted by Crippen LogP contribution is 2.26. The number of aromatic amines is 1. The molecule has 0 spiro atoms. The number of H-pyrrole nitrogens is 1. The van der Waals surface area contributed by atoms with E-state index in [2.05, 4.69) is 9.97 Å². The van der Waals surface area contributed by atoms with Crippen LogP contribution >= 0.6 is 0 Å². The maximum absolute atomic E-state index is 12.4. The first-order valence-corrected chi connectivity index (χ1v) is 7.30. The number of nitrogens with zero attached hydrogens (tertiary/aromatic N) is 3. The van der Waals surface area contributed by atoms with Gasteiger partial charge in [-0.1, -0.05) is 6.92 Å². The molecule has 0 saturated carbocycles. The minimum Gasteiger partial charge on any atom is -0.345 e. The predicted molar refractivity (Wildman–Crippen MR) is 72.7 cm³/mol. The van der Waals surface area contributed by atoms with Crippen LogP contribution < -0.4 is 0 Å². The van der Waals surface area contributed by atoms with Gasteiger partial charge in [-0.05, 0) is 19.3 Å². The zero-order valence-corrected chi connectivity index (χ0v) is 11.8. The van der Waals surface area contributed by atoms with Crippen molar-refractivity contribution in [2.75, 3.05) is 13.1 Å². The number of aryl methyl sites for hydroxylation is 1. The zero-order valence-electron chi connectivity index (χ0n) is 11.8. The number of fused-ring (bicyclic) bond motifs is 1. The Labute approximate surface area is 118 Å². The lowest BCUT2D eigenvalue weighted by molar-refractivity contribution is -0.150. The van der Waals surface area contributed by atoms with Crippen molar-refractivity contribution in [1.82, 2.24) is 19.8 Å². The van der Waals surface area contributed by atoms with Gasteiger partial charge >= 0.3 is 0 Å². The zero-order chi connectivity index (χ0) is 14.1. The second kappa shape index (κ2) is 5.26. The molecule has 1 N–H and O–H groups in total. The Balaban J connectivity index is 1.69. The lowest BCUT2D eigenvalue weighted by atomic mass is 10.2.